The Morgan fingerprint density at radius 1 is 1.22 bits per heavy atom. The van der Waals surface area contributed by atoms with Gasteiger partial charge in [-0.25, -0.2) is 4.39 Å². The second kappa shape index (κ2) is 6.20. The average Bonchev–Trinajstić information content (AvgIpc) is 2.57. The van der Waals surface area contributed by atoms with E-state index in [1.54, 1.807) is 24.1 Å². The molecule has 1 heterocycles. The Balaban J connectivity index is 1.76. The highest BCUT2D eigenvalue weighted by Gasteiger charge is 2.33. The van der Waals surface area contributed by atoms with Crippen molar-refractivity contribution in [2.45, 2.75) is 18.9 Å². The molecular weight excluding hydrogens is 295 g/mol. The SMILES string of the molecule is CN1C(=O)CC(C(=O)NCc2ccc(F)cc2)c2ccccc21. The van der Waals surface area contributed by atoms with Crippen molar-refractivity contribution in [3.8, 4) is 0 Å². The van der Waals surface area contributed by atoms with Crippen molar-refractivity contribution < 1.29 is 14.0 Å². The number of hydrogen-bond acceptors (Lipinski definition) is 2. The number of amides is 2. The summed E-state index contributed by atoms with van der Waals surface area (Å²) in [6, 6.07) is 13.4. The van der Waals surface area contributed by atoms with Crippen LogP contribution in [0.3, 0.4) is 0 Å². The molecule has 3 rings (SSSR count). The van der Waals surface area contributed by atoms with Crippen LogP contribution in [-0.4, -0.2) is 18.9 Å². The molecule has 2 aromatic rings. The third kappa shape index (κ3) is 3.08. The molecule has 0 spiro atoms. The van der Waals surface area contributed by atoms with Gasteiger partial charge in [0, 0.05) is 25.7 Å². The number of para-hydroxylation sites is 1. The Bertz CT molecular complexity index is 743. The summed E-state index contributed by atoms with van der Waals surface area (Å²) in [6.07, 6.45) is 0.156. The van der Waals surface area contributed by atoms with Crippen molar-refractivity contribution in [3.05, 3.63) is 65.5 Å². The van der Waals surface area contributed by atoms with Gasteiger partial charge >= 0.3 is 0 Å². The van der Waals surface area contributed by atoms with Crippen LogP contribution >= 0.6 is 0 Å². The predicted octanol–water partition coefficient (Wildman–Crippen LogP) is 2.59. The highest BCUT2D eigenvalue weighted by molar-refractivity contribution is 6.02. The van der Waals surface area contributed by atoms with E-state index < -0.39 is 5.92 Å². The molecular formula is C18H17FN2O2. The number of hydrogen-bond donors (Lipinski definition) is 1. The molecule has 1 atom stereocenters. The summed E-state index contributed by atoms with van der Waals surface area (Å²) in [6.45, 7) is 0.307. The molecule has 0 saturated heterocycles. The molecule has 0 aliphatic carbocycles. The summed E-state index contributed by atoms with van der Waals surface area (Å²) in [5.41, 5.74) is 2.43. The van der Waals surface area contributed by atoms with Crippen LogP contribution in [0.5, 0.6) is 0 Å². The molecule has 23 heavy (non-hydrogen) atoms. The summed E-state index contributed by atoms with van der Waals surface area (Å²) < 4.78 is 12.9. The standard InChI is InChI=1S/C18H17FN2O2/c1-21-16-5-3-2-4-14(16)15(10-17(21)22)18(23)20-11-12-6-8-13(19)9-7-12/h2-9,15H,10-11H2,1H3,(H,20,23). The maximum Gasteiger partial charge on any atom is 0.228 e. The second-order valence-corrected chi connectivity index (χ2v) is 5.61. The lowest BCUT2D eigenvalue weighted by molar-refractivity contribution is -0.127. The van der Waals surface area contributed by atoms with E-state index in [0.717, 1.165) is 16.8 Å². The molecule has 2 aromatic carbocycles. The largest absolute Gasteiger partial charge is 0.351 e. The maximum atomic E-state index is 12.9. The number of rotatable bonds is 3. The molecule has 0 radical (unpaired) electrons. The van der Waals surface area contributed by atoms with E-state index in [0.29, 0.717) is 6.54 Å². The van der Waals surface area contributed by atoms with Crippen LogP contribution in [0.15, 0.2) is 48.5 Å². The first-order valence-corrected chi connectivity index (χ1v) is 7.44. The third-order valence-corrected chi connectivity index (χ3v) is 4.12. The lowest BCUT2D eigenvalue weighted by Crippen LogP contribution is -2.39. The minimum Gasteiger partial charge on any atom is -0.351 e. The Morgan fingerprint density at radius 2 is 1.91 bits per heavy atom. The van der Waals surface area contributed by atoms with Crippen LogP contribution in [0.2, 0.25) is 0 Å². The zero-order valence-electron chi connectivity index (χ0n) is 12.8. The Morgan fingerprint density at radius 3 is 2.65 bits per heavy atom. The summed E-state index contributed by atoms with van der Waals surface area (Å²) in [5, 5.41) is 2.83. The van der Waals surface area contributed by atoms with E-state index in [4.69, 9.17) is 0 Å². The molecule has 0 fully saturated rings. The van der Waals surface area contributed by atoms with Gasteiger partial charge in [-0.1, -0.05) is 30.3 Å². The van der Waals surface area contributed by atoms with Crippen LogP contribution in [0.1, 0.15) is 23.5 Å². The Kier molecular flexibility index (Phi) is 4.10. The number of halogens is 1. The Labute approximate surface area is 133 Å². The van der Waals surface area contributed by atoms with Crippen LogP contribution in [0.25, 0.3) is 0 Å². The van der Waals surface area contributed by atoms with Crippen molar-refractivity contribution in [3.63, 3.8) is 0 Å². The fourth-order valence-electron chi connectivity index (χ4n) is 2.79. The van der Waals surface area contributed by atoms with Gasteiger partial charge < -0.3 is 10.2 Å². The van der Waals surface area contributed by atoms with Gasteiger partial charge in [-0.15, -0.1) is 0 Å². The van der Waals surface area contributed by atoms with Crippen LogP contribution in [0.4, 0.5) is 10.1 Å². The number of nitrogens with zero attached hydrogens (tertiary/aromatic N) is 1. The number of benzene rings is 2. The predicted molar refractivity (Wildman–Crippen MR) is 85.5 cm³/mol. The molecule has 0 saturated carbocycles. The zero-order chi connectivity index (χ0) is 16.4. The van der Waals surface area contributed by atoms with Gasteiger partial charge in [-0.3, -0.25) is 9.59 Å². The van der Waals surface area contributed by atoms with E-state index in [1.165, 1.54) is 12.1 Å². The monoisotopic (exact) mass is 312 g/mol. The number of anilines is 1. The van der Waals surface area contributed by atoms with Gasteiger partial charge in [0.25, 0.3) is 0 Å². The van der Waals surface area contributed by atoms with Gasteiger partial charge in [0.05, 0.1) is 5.92 Å². The van der Waals surface area contributed by atoms with Gasteiger partial charge in [0.2, 0.25) is 11.8 Å². The summed E-state index contributed by atoms with van der Waals surface area (Å²) in [4.78, 5) is 26.2. The molecule has 118 valence electrons. The van der Waals surface area contributed by atoms with Gasteiger partial charge in [0.15, 0.2) is 0 Å². The van der Waals surface area contributed by atoms with Gasteiger partial charge in [0.1, 0.15) is 5.82 Å². The molecule has 5 heteroatoms. The van der Waals surface area contributed by atoms with Crippen molar-refractivity contribution in [1.82, 2.24) is 5.32 Å². The summed E-state index contributed by atoms with van der Waals surface area (Å²) >= 11 is 0. The average molecular weight is 312 g/mol. The first-order valence-electron chi connectivity index (χ1n) is 7.44. The molecule has 1 N–H and O–H groups in total. The third-order valence-electron chi connectivity index (χ3n) is 4.12. The number of nitrogens with one attached hydrogen (secondary N) is 1. The molecule has 4 nitrogen and oxygen atoms in total. The van der Waals surface area contributed by atoms with Gasteiger partial charge in [-0.2, -0.15) is 0 Å². The van der Waals surface area contributed by atoms with E-state index >= 15 is 0 Å². The van der Waals surface area contributed by atoms with Gasteiger partial charge in [-0.05, 0) is 29.3 Å². The van der Waals surface area contributed by atoms with Crippen molar-refractivity contribution in [1.29, 1.82) is 0 Å². The molecule has 1 aliphatic rings. The zero-order valence-corrected chi connectivity index (χ0v) is 12.8. The highest BCUT2D eigenvalue weighted by Crippen LogP contribution is 2.35. The van der Waals surface area contributed by atoms with E-state index in [9.17, 15) is 14.0 Å². The quantitative estimate of drug-likeness (QED) is 0.947. The molecule has 1 unspecified atom stereocenters. The van der Waals surface area contributed by atoms with E-state index in [2.05, 4.69) is 5.32 Å². The number of carbonyl (C=O) groups excluding carboxylic acids is 2. The van der Waals surface area contributed by atoms with Crippen molar-refractivity contribution in [2.24, 2.45) is 0 Å². The minimum absolute atomic E-state index is 0.0781. The molecule has 0 bridgehead atoms. The number of carbonyl (C=O) groups is 2. The maximum absolute atomic E-state index is 12.9. The number of fused-ring (bicyclic) bond motifs is 1. The Hall–Kier alpha value is -2.69. The highest BCUT2D eigenvalue weighted by atomic mass is 19.1. The lowest BCUT2D eigenvalue weighted by atomic mass is 9.89. The van der Waals surface area contributed by atoms with Crippen molar-refractivity contribution >= 4 is 17.5 Å². The smallest absolute Gasteiger partial charge is 0.228 e. The first kappa shape index (κ1) is 15.2. The van der Waals surface area contributed by atoms with Crippen LogP contribution < -0.4 is 10.2 Å². The minimum atomic E-state index is -0.490. The fourth-order valence-corrected chi connectivity index (χ4v) is 2.79. The van der Waals surface area contributed by atoms with E-state index in [-0.39, 0.29) is 24.1 Å². The molecule has 1 aliphatic heterocycles. The van der Waals surface area contributed by atoms with Crippen LogP contribution in [0, 0.1) is 5.82 Å². The fraction of sp³-hybridized carbons (Fsp3) is 0.222. The lowest BCUT2D eigenvalue weighted by Gasteiger charge is -2.30. The van der Waals surface area contributed by atoms with E-state index in [1.807, 2.05) is 24.3 Å². The van der Waals surface area contributed by atoms with Crippen LogP contribution in [-0.2, 0) is 16.1 Å². The summed E-state index contributed by atoms with van der Waals surface area (Å²) in [7, 11) is 1.72. The molecule has 0 aromatic heterocycles. The first-order chi connectivity index (χ1) is 11.1. The van der Waals surface area contributed by atoms with Crippen molar-refractivity contribution in [2.75, 3.05) is 11.9 Å². The molecule has 2 amide bonds. The second-order valence-electron chi connectivity index (χ2n) is 5.61. The normalized spacial score (nSPS) is 16.9. The summed E-state index contributed by atoms with van der Waals surface area (Å²) in [5.74, 6) is -1.07. The topological polar surface area (TPSA) is 49.4 Å².